The van der Waals surface area contributed by atoms with Crippen LogP contribution in [-0.2, 0) is 4.79 Å². The molecule has 132 valence electrons. The molecule has 0 atom stereocenters. The summed E-state index contributed by atoms with van der Waals surface area (Å²) < 4.78 is 0. The molecule has 0 bridgehead atoms. The summed E-state index contributed by atoms with van der Waals surface area (Å²) >= 11 is 0. The first-order chi connectivity index (χ1) is 11.6. The zero-order chi connectivity index (χ0) is 17.4. The van der Waals surface area contributed by atoms with Gasteiger partial charge >= 0.3 is 6.03 Å². The third-order valence-electron chi connectivity index (χ3n) is 4.34. The molecule has 1 fully saturated rings. The Morgan fingerprint density at radius 2 is 1.67 bits per heavy atom. The van der Waals surface area contributed by atoms with Gasteiger partial charge in [-0.3, -0.25) is 4.79 Å². The standard InChI is InChI=1S/C18H28N4O2/c1-3-17(23)20-15-4-6-16(7-5-15)21-18(24)19-10-13-22-11-8-14(2)9-12-22/h4-7,14H,3,8-13H2,1-2H3,(H,20,23)(H2,19,21,24). The van der Waals surface area contributed by atoms with Gasteiger partial charge in [-0.25, -0.2) is 4.79 Å². The number of nitrogens with one attached hydrogen (secondary N) is 3. The van der Waals surface area contributed by atoms with Crippen molar-refractivity contribution < 1.29 is 9.59 Å². The molecule has 0 aliphatic carbocycles. The van der Waals surface area contributed by atoms with Gasteiger partial charge in [0, 0.05) is 30.9 Å². The zero-order valence-corrected chi connectivity index (χ0v) is 14.6. The second-order valence-corrected chi connectivity index (χ2v) is 6.38. The van der Waals surface area contributed by atoms with Crippen molar-refractivity contribution in [3.05, 3.63) is 24.3 Å². The number of carbonyl (C=O) groups is 2. The molecule has 1 aliphatic heterocycles. The molecule has 0 radical (unpaired) electrons. The zero-order valence-electron chi connectivity index (χ0n) is 14.6. The van der Waals surface area contributed by atoms with Gasteiger partial charge in [-0.1, -0.05) is 13.8 Å². The van der Waals surface area contributed by atoms with Crippen molar-refractivity contribution in [3.8, 4) is 0 Å². The fourth-order valence-electron chi connectivity index (χ4n) is 2.67. The van der Waals surface area contributed by atoms with Crippen molar-refractivity contribution in [2.45, 2.75) is 33.1 Å². The number of piperidine rings is 1. The molecule has 24 heavy (non-hydrogen) atoms. The van der Waals surface area contributed by atoms with Crippen LogP contribution < -0.4 is 16.0 Å². The van der Waals surface area contributed by atoms with Gasteiger partial charge in [0.05, 0.1) is 0 Å². The first kappa shape index (κ1) is 18.3. The van der Waals surface area contributed by atoms with E-state index in [9.17, 15) is 9.59 Å². The van der Waals surface area contributed by atoms with Crippen LogP contribution in [0.2, 0.25) is 0 Å². The molecular weight excluding hydrogens is 304 g/mol. The van der Waals surface area contributed by atoms with Crippen LogP contribution in [0.5, 0.6) is 0 Å². The molecule has 3 N–H and O–H groups in total. The summed E-state index contributed by atoms with van der Waals surface area (Å²) in [6, 6.07) is 6.90. The van der Waals surface area contributed by atoms with Crippen molar-refractivity contribution in [3.63, 3.8) is 0 Å². The van der Waals surface area contributed by atoms with Gasteiger partial charge in [-0.2, -0.15) is 0 Å². The van der Waals surface area contributed by atoms with Crippen LogP contribution >= 0.6 is 0 Å². The molecule has 1 aliphatic rings. The topological polar surface area (TPSA) is 73.5 Å². The van der Waals surface area contributed by atoms with Crippen LogP contribution in [0.3, 0.4) is 0 Å². The highest BCUT2D eigenvalue weighted by atomic mass is 16.2. The first-order valence-corrected chi connectivity index (χ1v) is 8.74. The van der Waals surface area contributed by atoms with E-state index in [1.54, 1.807) is 31.2 Å². The van der Waals surface area contributed by atoms with Gasteiger partial charge in [0.25, 0.3) is 0 Å². The average Bonchev–Trinajstić information content (AvgIpc) is 2.58. The minimum Gasteiger partial charge on any atom is -0.337 e. The number of anilines is 2. The van der Waals surface area contributed by atoms with Gasteiger partial charge in [-0.05, 0) is 56.1 Å². The maximum atomic E-state index is 11.9. The van der Waals surface area contributed by atoms with E-state index in [-0.39, 0.29) is 11.9 Å². The van der Waals surface area contributed by atoms with Gasteiger partial charge < -0.3 is 20.9 Å². The Kier molecular flexibility index (Phi) is 7.06. The molecule has 6 heteroatoms. The quantitative estimate of drug-likeness (QED) is 0.750. The Balaban J connectivity index is 1.67. The predicted molar refractivity (Wildman–Crippen MR) is 97.2 cm³/mol. The monoisotopic (exact) mass is 332 g/mol. The molecule has 3 amide bonds. The van der Waals surface area contributed by atoms with Gasteiger partial charge in [0.2, 0.25) is 5.91 Å². The molecule has 0 saturated carbocycles. The fourth-order valence-corrected chi connectivity index (χ4v) is 2.67. The lowest BCUT2D eigenvalue weighted by atomic mass is 9.99. The van der Waals surface area contributed by atoms with E-state index in [1.807, 2.05) is 0 Å². The lowest BCUT2D eigenvalue weighted by molar-refractivity contribution is -0.115. The summed E-state index contributed by atoms with van der Waals surface area (Å²) in [7, 11) is 0. The number of nitrogens with zero attached hydrogens (tertiary/aromatic N) is 1. The Labute approximate surface area is 144 Å². The predicted octanol–water partition coefficient (Wildman–Crippen LogP) is 2.89. The molecule has 1 aromatic carbocycles. The Bertz CT molecular complexity index is 536. The van der Waals surface area contributed by atoms with Crippen LogP contribution in [0.25, 0.3) is 0 Å². The average molecular weight is 332 g/mol. The summed E-state index contributed by atoms with van der Waals surface area (Å²) in [5.41, 5.74) is 1.43. The lowest BCUT2D eigenvalue weighted by Crippen LogP contribution is -2.40. The summed E-state index contributed by atoms with van der Waals surface area (Å²) in [4.78, 5) is 25.6. The highest BCUT2D eigenvalue weighted by Gasteiger charge is 2.15. The number of amides is 3. The Hall–Kier alpha value is -2.08. The number of urea groups is 1. The normalized spacial score (nSPS) is 15.8. The molecule has 1 heterocycles. The van der Waals surface area contributed by atoms with Gasteiger partial charge in [0.1, 0.15) is 0 Å². The van der Waals surface area contributed by atoms with Gasteiger partial charge in [0.15, 0.2) is 0 Å². The summed E-state index contributed by atoms with van der Waals surface area (Å²) in [5.74, 6) is 0.795. The van der Waals surface area contributed by atoms with Crippen LogP contribution in [0.15, 0.2) is 24.3 Å². The van der Waals surface area contributed by atoms with Crippen molar-refractivity contribution in [2.75, 3.05) is 36.8 Å². The number of likely N-dealkylation sites (tertiary alicyclic amines) is 1. The van der Waals surface area contributed by atoms with E-state index in [4.69, 9.17) is 0 Å². The van der Waals surface area contributed by atoms with E-state index in [1.165, 1.54) is 12.8 Å². The minimum absolute atomic E-state index is 0.0273. The second-order valence-electron chi connectivity index (χ2n) is 6.38. The van der Waals surface area contributed by atoms with Crippen molar-refractivity contribution in [1.29, 1.82) is 0 Å². The molecule has 1 saturated heterocycles. The lowest BCUT2D eigenvalue weighted by Gasteiger charge is -2.30. The SMILES string of the molecule is CCC(=O)Nc1ccc(NC(=O)NCCN2CCC(C)CC2)cc1. The van der Waals surface area contributed by atoms with Crippen LogP contribution in [0.1, 0.15) is 33.1 Å². The highest BCUT2D eigenvalue weighted by molar-refractivity contribution is 5.92. The maximum absolute atomic E-state index is 11.9. The van der Waals surface area contributed by atoms with E-state index in [2.05, 4.69) is 27.8 Å². The number of benzene rings is 1. The number of rotatable bonds is 6. The Morgan fingerprint density at radius 3 is 2.25 bits per heavy atom. The minimum atomic E-state index is -0.203. The Morgan fingerprint density at radius 1 is 1.08 bits per heavy atom. The third-order valence-corrected chi connectivity index (χ3v) is 4.34. The summed E-state index contributed by atoms with van der Waals surface area (Å²) in [6.07, 6.45) is 2.93. The van der Waals surface area contributed by atoms with E-state index in [0.29, 0.717) is 18.7 Å². The molecule has 6 nitrogen and oxygen atoms in total. The third kappa shape index (κ3) is 6.20. The van der Waals surface area contributed by atoms with E-state index < -0.39 is 0 Å². The van der Waals surface area contributed by atoms with Crippen molar-refractivity contribution in [2.24, 2.45) is 5.92 Å². The summed E-state index contributed by atoms with van der Waals surface area (Å²) in [6.45, 7) is 7.87. The van der Waals surface area contributed by atoms with Crippen LogP contribution in [0, 0.1) is 5.92 Å². The van der Waals surface area contributed by atoms with E-state index in [0.717, 1.165) is 31.2 Å². The van der Waals surface area contributed by atoms with Gasteiger partial charge in [-0.15, -0.1) is 0 Å². The van der Waals surface area contributed by atoms with Crippen molar-refractivity contribution >= 4 is 23.3 Å². The fraction of sp³-hybridized carbons (Fsp3) is 0.556. The number of carbonyl (C=O) groups excluding carboxylic acids is 2. The molecule has 0 spiro atoms. The molecule has 1 aromatic rings. The van der Waals surface area contributed by atoms with Crippen molar-refractivity contribution in [1.82, 2.24) is 10.2 Å². The number of hydrogen-bond acceptors (Lipinski definition) is 3. The number of hydrogen-bond donors (Lipinski definition) is 3. The maximum Gasteiger partial charge on any atom is 0.319 e. The van der Waals surface area contributed by atoms with Crippen LogP contribution in [0.4, 0.5) is 16.2 Å². The first-order valence-electron chi connectivity index (χ1n) is 8.74. The molecule has 2 rings (SSSR count). The summed E-state index contributed by atoms with van der Waals surface area (Å²) in [5, 5.41) is 8.46. The van der Waals surface area contributed by atoms with Crippen LogP contribution in [-0.4, -0.2) is 43.0 Å². The molecular formula is C18H28N4O2. The highest BCUT2D eigenvalue weighted by Crippen LogP contribution is 2.15. The van der Waals surface area contributed by atoms with E-state index >= 15 is 0 Å². The molecule has 0 aromatic heterocycles. The largest absolute Gasteiger partial charge is 0.337 e. The second kappa shape index (κ2) is 9.27. The smallest absolute Gasteiger partial charge is 0.319 e. The molecule has 0 unspecified atom stereocenters.